The first-order valence-corrected chi connectivity index (χ1v) is 14.5. The first-order chi connectivity index (χ1) is 20.8. The van der Waals surface area contributed by atoms with Gasteiger partial charge in [-0.1, -0.05) is 158 Å². The van der Waals surface area contributed by atoms with Crippen LogP contribution in [-0.2, 0) is 0 Å². The van der Waals surface area contributed by atoms with Crippen molar-refractivity contribution < 1.29 is 0 Å². The second-order valence-corrected chi connectivity index (χ2v) is 10.9. The molecule has 196 valence electrons. The van der Waals surface area contributed by atoms with Crippen LogP contribution in [-0.4, -0.2) is 0 Å². The van der Waals surface area contributed by atoms with Gasteiger partial charge in [-0.25, -0.2) is 0 Å². The van der Waals surface area contributed by atoms with Crippen molar-refractivity contribution in [1.82, 2.24) is 0 Å². The maximum Gasteiger partial charge on any atom is -0.00201 e. The number of rotatable bonds is 4. The van der Waals surface area contributed by atoms with Gasteiger partial charge in [0.25, 0.3) is 0 Å². The maximum atomic E-state index is 2.38. The third-order valence-corrected chi connectivity index (χ3v) is 8.45. The fourth-order valence-electron chi connectivity index (χ4n) is 6.50. The number of benzene rings is 8. The largest absolute Gasteiger partial charge is 0.0622 e. The number of hydrogen-bond donors (Lipinski definition) is 0. The van der Waals surface area contributed by atoms with Crippen LogP contribution < -0.4 is 0 Å². The molecule has 8 aromatic rings. The van der Waals surface area contributed by atoms with E-state index in [1.807, 2.05) is 0 Å². The Bertz CT molecular complexity index is 2170. The van der Waals surface area contributed by atoms with Crippen molar-refractivity contribution in [2.24, 2.45) is 0 Å². The highest BCUT2D eigenvalue weighted by molar-refractivity contribution is 6.22. The van der Waals surface area contributed by atoms with E-state index in [9.17, 15) is 0 Å². The lowest BCUT2D eigenvalue weighted by Gasteiger charge is -2.20. The third kappa shape index (κ3) is 4.08. The lowest BCUT2D eigenvalue weighted by Crippen LogP contribution is -1.93. The van der Waals surface area contributed by atoms with Crippen LogP contribution in [0.25, 0.3) is 76.8 Å². The van der Waals surface area contributed by atoms with Crippen LogP contribution >= 0.6 is 0 Å². The predicted molar refractivity (Wildman–Crippen MR) is 181 cm³/mol. The molecule has 0 heterocycles. The fourth-order valence-corrected chi connectivity index (χ4v) is 6.50. The summed E-state index contributed by atoms with van der Waals surface area (Å²) in [6, 6.07) is 61.8. The molecule has 0 amide bonds. The van der Waals surface area contributed by atoms with Gasteiger partial charge in [-0.3, -0.25) is 0 Å². The SMILES string of the molecule is c1ccc(-c2cc(-c3ccc4ccccc4c3)ccc2-c2c3ccccc3c(-c3ccccc3)c3ccccc23)cc1. The Morgan fingerprint density at radius 2 is 0.714 bits per heavy atom. The number of hydrogen-bond acceptors (Lipinski definition) is 0. The van der Waals surface area contributed by atoms with Crippen LogP contribution in [0, 0.1) is 0 Å². The van der Waals surface area contributed by atoms with Crippen molar-refractivity contribution in [3.63, 3.8) is 0 Å². The molecule has 0 N–H and O–H groups in total. The minimum atomic E-state index is 1.22. The molecule has 0 nitrogen and oxygen atoms in total. The van der Waals surface area contributed by atoms with Crippen molar-refractivity contribution in [2.75, 3.05) is 0 Å². The predicted octanol–water partition coefficient (Wildman–Crippen LogP) is 11.8. The molecule has 0 bridgehead atoms. The van der Waals surface area contributed by atoms with E-state index in [1.165, 1.54) is 76.8 Å². The smallest absolute Gasteiger partial charge is 0.00201 e. The Kier molecular flexibility index (Phi) is 5.90. The van der Waals surface area contributed by atoms with Crippen LogP contribution in [0.2, 0.25) is 0 Å². The van der Waals surface area contributed by atoms with Gasteiger partial charge >= 0.3 is 0 Å². The van der Waals surface area contributed by atoms with Crippen molar-refractivity contribution >= 4 is 32.3 Å². The van der Waals surface area contributed by atoms with Gasteiger partial charge in [0.05, 0.1) is 0 Å². The second-order valence-electron chi connectivity index (χ2n) is 10.9. The second kappa shape index (κ2) is 10.2. The highest BCUT2D eigenvalue weighted by Gasteiger charge is 2.19. The molecule has 0 aliphatic carbocycles. The van der Waals surface area contributed by atoms with Crippen molar-refractivity contribution in [3.05, 3.63) is 170 Å². The molecule has 0 aromatic heterocycles. The van der Waals surface area contributed by atoms with E-state index < -0.39 is 0 Å². The summed E-state index contributed by atoms with van der Waals surface area (Å²) in [5.74, 6) is 0. The van der Waals surface area contributed by atoms with Gasteiger partial charge in [-0.2, -0.15) is 0 Å². The van der Waals surface area contributed by atoms with Gasteiger partial charge in [0.1, 0.15) is 0 Å². The summed E-state index contributed by atoms with van der Waals surface area (Å²) in [7, 11) is 0. The zero-order valence-corrected chi connectivity index (χ0v) is 23.2. The summed E-state index contributed by atoms with van der Waals surface area (Å²) in [4.78, 5) is 0. The molecule has 0 saturated carbocycles. The van der Waals surface area contributed by atoms with Gasteiger partial charge in [0.15, 0.2) is 0 Å². The van der Waals surface area contributed by atoms with E-state index in [0.717, 1.165) is 0 Å². The van der Waals surface area contributed by atoms with E-state index in [4.69, 9.17) is 0 Å². The number of fused-ring (bicyclic) bond motifs is 3. The zero-order valence-electron chi connectivity index (χ0n) is 23.2. The lowest BCUT2D eigenvalue weighted by molar-refractivity contribution is 1.59. The fraction of sp³-hybridized carbons (Fsp3) is 0. The molecule has 0 unspecified atom stereocenters. The van der Waals surface area contributed by atoms with Crippen molar-refractivity contribution in [2.45, 2.75) is 0 Å². The minimum Gasteiger partial charge on any atom is -0.0622 e. The Hall–Kier alpha value is -5.46. The Labute approximate surface area is 246 Å². The summed E-state index contributed by atoms with van der Waals surface area (Å²) >= 11 is 0. The molecule has 0 atom stereocenters. The average molecular weight is 533 g/mol. The minimum absolute atomic E-state index is 1.22. The molecule has 0 radical (unpaired) electrons. The summed E-state index contributed by atoms with van der Waals surface area (Å²) in [6.45, 7) is 0. The van der Waals surface area contributed by atoms with E-state index in [1.54, 1.807) is 0 Å². The quantitative estimate of drug-likeness (QED) is 0.198. The van der Waals surface area contributed by atoms with Gasteiger partial charge in [0, 0.05) is 0 Å². The van der Waals surface area contributed by atoms with E-state index in [-0.39, 0.29) is 0 Å². The zero-order chi connectivity index (χ0) is 27.9. The van der Waals surface area contributed by atoms with Crippen LogP contribution in [0.5, 0.6) is 0 Å². The molecule has 0 fully saturated rings. The molecule has 8 aromatic carbocycles. The van der Waals surface area contributed by atoms with E-state index >= 15 is 0 Å². The molecule has 42 heavy (non-hydrogen) atoms. The topological polar surface area (TPSA) is 0 Å². The van der Waals surface area contributed by atoms with Crippen LogP contribution in [0.1, 0.15) is 0 Å². The lowest BCUT2D eigenvalue weighted by atomic mass is 9.83. The highest BCUT2D eigenvalue weighted by Crippen LogP contribution is 2.46. The van der Waals surface area contributed by atoms with Crippen LogP contribution in [0.4, 0.5) is 0 Å². The Morgan fingerprint density at radius 3 is 1.36 bits per heavy atom. The third-order valence-electron chi connectivity index (χ3n) is 8.45. The molecule has 0 saturated heterocycles. The van der Waals surface area contributed by atoms with Gasteiger partial charge in [-0.05, 0) is 89.0 Å². The standard InChI is InChI=1S/C42H28/c1-3-14-30(15-4-1)40-28-34(33-24-23-29-13-7-8-18-32(29)27-33)25-26-39(40)42-37-21-11-9-19-35(37)41(31-16-5-2-6-17-31)36-20-10-12-22-38(36)42/h1-28H. The highest BCUT2D eigenvalue weighted by atomic mass is 14.2. The summed E-state index contributed by atoms with van der Waals surface area (Å²) in [6.07, 6.45) is 0. The summed E-state index contributed by atoms with van der Waals surface area (Å²) in [5.41, 5.74) is 9.97. The Balaban J connectivity index is 1.44. The summed E-state index contributed by atoms with van der Waals surface area (Å²) < 4.78 is 0. The first kappa shape index (κ1) is 24.3. The van der Waals surface area contributed by atoms with Crippen LogP contribution in [0.3, 0.4) is 0 Å². The normalized spacial score (nSPS) is 11.3. The Morgan fingerprint density at radius 1 is 0.238 bits per heavy atom. The molecule has 0 aliphatic heterocycles. The average Bonchev–Trinajstić information content (AvgIpc) is 3.07. The maximum absolute atomic E-state index is 2.38. The van der Waals surface area contributed by atoms with Crippen molar-refractivity contribution in [1.29, 1.82) is 0 Å². The van der Waals surface area contributed by atoms with Gasteiger partial charge < -0.3 is 0 Å². The molecule has 0 spiro atoms. The van der Waals surface area contributed by atoms with Crippen molar-refractivity contribution in [3.8, 4) is 44.5 Å². The van der Waals surface area contributed by atoms with E-state index in [0.29, 0.717) is 0 Å². The molecule has 8 rings (SSSR count). The molecule has 0 aliphatic rings. The van der Waals surface area contributed by atoms with E-state index in [2.05, 4.69) is 170 Å². The van der Waals surface area contributed by atoms with Crippen LogP contribution in [0.15, 0.2) is 170 Å². The first-order valence-electron chi connectivity index (χ1n) is 14.5. The van der Waals surface area contributed by atoms with Gasteiger partial charge in [0.2, 0.25) is 0 Å². The molecule has 0 heteroatoms. The summed E-state index contributed by atoms with van der Waals surface area (Å²) in [5, 5.41) is 7.60. The molecular formula is C42H28. The molecular weight excluding hydrogens is 504 g/mol. The van der Waals surface area contributed by atoms with Gasteiger partial charge in [-0.15, -0.1) is 0 Å². The monoisotopic (exact) mass is 532 g/mol.